The lowest BCUT2D eigenvalue weighted by atomic mass is 10.2. The smallest absolute Gasteiger partial charge is 0.326 e. The van der Waals surface area contributed by atoms with Crippen LogP contribution in [0.2, 0.25) is 0 Å². The van der Waals surface area contributed by atoms with Gasteiger partial charge in [-0.25, -0.2) is 9.59 Å². The molecule has 0 radical (unpaired) electrons. The molecule has 0 bridgehead atoms. The third-order valence-corrected chi connectivity index (χ3v) is 1.90. The Hall–Kier alpha value is -2.64. The molecule has 1 aromatic heterocycles. The molecular formula is C10H11N3O5. The Morgan fingerprint density at radius 3 is 2.56 bits per heavy atom. The van der Waals surface area contributed by atoms with Gasteiger partial charge in [-0.15, -0.1) is 0 Å². The topological polar surface area (TPSA) is 129 Å². The Morgan fingerprint density at radius 2 is 2.06 bits per heavy atom. The highest BCUT2D eigenvalue weighted by Crippen LogP contribution is 2.02. The van der Waals surface area contributed by atoms with Crippen LogP contribution in [-0.2, 0) is 9.59 Å². The molecule has 0 aliphatic heterocycles. The number of nitrogens with zero attached hydrogens (tertiary/aromatic N) is 1. The van der Waals surface area contributed by atoms with Gasteiger partial charge in [0.2, 0.25) is 0 Å². The number of carboxylic acid groups (broad SMARTS) is 2. The standard InChI is InChI=1S/C10H11N3O5/c14-8(15)4-7(9(16)17)13-10(18)12-6-2-1-3-11-5-6/h1-3,5,7H,4H2,(H,14,15)(H,16,17)(H2,12,13,18). The number of hydrogen-bond donors (Lipinski definition) is 4. The number of aliphatic carboxylic acids is 2. The van der Waals surface area contributed by atoms with Crippen molar-refractivity contribution in [2.24, 2.45) is 0 Å². The van der Waals surface area contributed by atoms with Crippen molar-refractivity contribution in [3.05, 3.63) is 24.5 Å². The number of hydrogen-bond acceptors (Lipinski definition) is 4. The van der Waals surface area contributed by atoms with Gasteiger partial charge in [0.15, 0.2) is 0 Å². The van der Waals surface area contributed by atoms with Gasteiger partial charge < -0.3 is 20.8 Å². The second-order valence-electron chi connectivity index (χ2n) is 3.33. The Bertz CT molecular complexity index is 448. The normalized spacial score (nSPS) is 11.3. The molecule has 4 N–H and O–H groups in total. The highest BCUT2D eigenvalue weighted by Gasteiger charge is 2.22. The Kier molecular flexibility index (Phi) is 4.61. The molecule has 0 aromatic carbocycles. The van der Waals surface area contributed by atoms with Crippen LogP contribution in [0.25, 0.3) is 0 Å². The average molecular weight is 253 g/mol. The number of carbonyl (C=O) groups is 3. The Labute approximate surface area is 102 Å². The minimum absolute atomic E-state index is 0.370. The molecule has 0 aliphatic carbocycles. The lowest BCUT2D eigenvalue weighted by Crippen LogP contribution is -2.44. The molecule has 1 heterocycles. The molecule has 0 aliphatic rings. The van der Waals surface area contributed by atoms with Gasteiger partial charge in [0.05, 0.1) is 18.3 Å². The Balaban J connectivity index is 2.56. The van der Waals surface area contributed by atoms with Crippen LogP contribution >= 0.6 is 0 Å². The number of pyridine rings is 1. The third kappa shape index (κ3) is 4.47. The number of carbonyl (C=O) groups excluding carboxylic acids is 1. The van der Waals surface area contributed by atoms with Crippen molar-refractivity contribution in [1.82, 2.24) is 10.3 Å². The van der Waals surface area contributed by atoms with Gasteiger partial charge >= 0.3 is 18.0 Å². The molecule has 0 fully saturated rings. The van der Waals surface area contributed by atoms with E-state index in [9.17, 15) is 14.4 Å². The average Bonchev–Trinajstić information content (AvgIpc) is 2.28. The van der Waals surface area contributed by atoms with Crippen LogP contribution in [0.4, 0.5) is 10.5 Å². The van der Waals surface area contributed by atoms with E-state index in [0.29, 0.717) is 5.69 Å². The van der Waals surface area contributed by atoms with Crippen molar-refractivity contribution in [2.45, 2.75) is 12.5 Å². The second kappa shape index (κ2) is 6.18. The number of amides is 2. The van der Waals surface area contributed by atoms with Crippen LogP contribution < -0.4 is 10.6 Å². The fraction of sp³-hybridized carbons (Fsp3) is 0.200. The summed E-state index contributed by atoms with van der Waals surface area (Å²) in [6, 6.07) is 0.844. The van der Waals surface area contributed by atoms with Crippen LogP contribution in [0.1, 0.15) is 6.42 Å². The number of nitrogens with one attached hydrogen (secondary N) is 2. The van der Waals surface area contributed by atoms with E-state index in [-0.39, 0.29) is 0 Å². The highest BCUT2D eigenvalue weighted by molar-refractivity contribution is 5.93. The van der Waals surface area contributed by atoms with Gasteiger partial charge in [-0.2, -0.15) is 0 Å². The van der Waals surface area contributed by atoms with E-state index >= 15 is 0 Å². The predicted molar refractivity (Wildman–Crippen MR) is 60.1 cm³/mol. The van der Waals surface area contributed by atoms with Gasteiger partial charge in [-0.1, -0.05) is 0 Å². The van der Waals surface area contributed by atoms with Crippen molar-refractivity contribution in [3.63, 3.8) is 0 Å². The second-order valence-corrected chi connectivity index (χ2v) is 3.33. The van der Waals surface area contributed by atoms with Gasteiger partial charge in [0, 0.05) is 6.20 Å². The summed E-state index contributed by atoms with van der Waals surface area (Å²) in [4.78, 5) is 36.3. The quantitative estimate of drug-likeness (QED) is 0.590. The molecular weight excluding hydrogens is 242 g/mol. The fourth-order valence-corrected chi connectivity index (χ4v) is 1.14. The van der Waals surface area contributed by atoms with Crippen LogP contribution in [0.5, 0.6) is 0 Å². The molecule has 2 amide bonds. The van der Waals surface area contributed by atoms with Crippen LogP contribution in [-0.4, -0.2) is 39.2 Å². The van der Waals surface area contributed by atoms with Crippen molar-refractivity contribution >= 4 is 23.7 Å². The van der Waals surface area contributed by atoms with Gasteiger partial charge in [-0.05, 0) is 12.1 Å². The van der Waals surface area contributed by atoms with Gasteiger partial charge in [0.25, 0.3) is 0 Å². The number of rotatable bonds is 5. The molecule has 1 rings (SSSR count). The molecule has 0 spiro atoms. The lowest BCUT2D eigenvalue weighted by Gasteiger charge is -2.12. The van der Waals surface area contributed by atoms with Crippen molar-refractivity contribution in [1.29, 1.82) is 0 Å². The summed E-state index contributed by atoms with van der Waals surface area (Å²) in [5.74, 6) is -2.73. The van der Waals surface area contributed by atoms with Crippen molar-refractivity contribution in [3.8, 4) is 0 Å². The highest BCUT2D eigenvalue weighted by atomic mass is 16.4. The summed E-state index contributed by atoms with van der Waals surface area (Å²) in [6.45, 7) is 0. The largest absolute Gasteiger partial charge is 0.481 e. The maximum atomic E-state index is 11.4. The zero-order valence-electron chi connectivity index (χ0n) is 9.16. The first-order chi connectivity index (χ1) is 8.49. The van der Waals surface area contributed by atoms with E-state index in [1.807, 2.05) is 5.32 Å². The molecule has 1 unspecified atom stereocenters. The van der Waals surface area contributed by atoms with E-state index in [1.165, 1.54) is 12.4 Å². The minimum Gasteiger partial charge on any atom is -0.481 e. The first-order valence-electron chi connectivity index (χ1n) is 4.91. The SMILES string of the molecule is O=C(O)CC(NC(=O)Nc1cccnc1)C(=O)O. The summed E-state index contributed by atoms with van der Waals surface area (Å²) in [5, 5.41) is 21.6. The predicted octanol–water partition coefficient (Wildman–Crippen LogP) is 0.131. The first-order valence-corrected chi connectivity index (χ1v) is 4.91. The monoisotopic (exact) mass is 253 g/mol. The first kappa shape index (κ1) is 13.4. The van der Waals surface area contributed by atoms with E-state index in [2.05, 4.69) is 10.3 Å². The van der Waals surface area contributed by atoms with E-state index in [1.54, 1.807) is 12.1 Å². The molecule has 0 saturated heterocycles. The van der Waals surface area contributed by atoms with E-state index in [4.69, 9.17) is 10.2 Å². The fourth-order valence-electron chi connectivity index (χ4n) is 1.14. The van der Waals surface area contributed by atoms with E-state index in [0.717, 1.165) is 0 Å². The number of anilines is 1. The molecule has 1 atom stereocenters. The van der Waals surface area contributed by atoms with Crippen LogP contribution in [0.15, 0.2) is 24.5 Å². The summed E-state index contributed by atoms with van der Waals surface area (Å²) in [7, 11) is 0. The maximum absolute atomic E-state index is 11.4. The molecule has 0 saturated carbocycles. The van der Waals surface area contributed by atoms with Crippen LogP contribution in [0.3, 0.4) is 0 Å². The molecule has 8 nitrogen and oxygen atoms in total. The zero-order valence-corrected chi connectivity index (χ0v) is 9.16. The molecule has 18 heavy (non-hydrogen) atoms. The maximum Gasteiger partial charge on any atom is 0.326 e. The Morgan fingerprint density at radius 1 is 1.33 bits per heavy atom. The summed E-state index contributed by atoms with van der Waals surface area (Å²) in [5.41, 5.74) is 0.370. The molecule has 96 valence electrons. The number of carboxylic acids is 2. The molecule has 8 heteroatoms. The summed E-state index contributed by atoms with van der Waals surface area (Å²) in [6.07, 6.45) is 2.18. The lowest BCUT2D eigenvalue weighted by molar-refractivity contribution is -0.145. The van der Waals surface area contributed by atoms with Gasteiger partial charge in [0.1, 0.15) is 6.04 Å². The van der Waals surface area contributed by atoms with Crippen molar-refractivity contribution < 1.29 is 24.6 Å². The summed E-state index contributed by atoms with van der Waals surface area (Å²) >= 11 is 0. The van der Waals surface area contributed by atoms with Gasteiger partial charge in [-0.3, -0.25) is 9.78 Å². The minimum atomic E-state index is -1.49. The number of urea groups is 1. The van der Waals surface area contributed by atoms with Crippen LogP contribution in [0, 0.1) is 0 Å². The number of aromatic nitrogens is 1. The van der Waals surface area contributed by atoms with Crippen molar-refractivity contribution in [2.75, 3.05) is 5.32 Å². The third-order valence-electron chi connectivity index (χ3n) is 1.90. The molecule has 1 aromatic rings. The zero-order chi connectivity index (χ0) is 13.5. The summed E-state index contributed by atoms with van der Waals surface area (Å²) < 4.78 is 0. The van der Waals surface area contributed by atoms with E-state index < -0.39 is 30.4 Å².